The molecule has 0 aliphatic carbocycles. The van der Waals surface area contributed by atoms with Crippen LogP contribution in [-0.2, 0) is 0 Å². The molecule has 1 saturated heterocycles. The molecule has 0 saturated carbocycles. The first kappa shape index (κ1) is 19.2. The summed E-state index contributed by atoms with van der Waals surface area (Å²) in [6.07, 6.45) is 1.14. The molecule has 29 heavy (non-hydrogen) atoms. The monoisotopic (exact) mass is 387 g/mol. The smallest absolute Gasteiger partial charge is 0.253 e. The maximum absolute atomic E-state index is 12.8. The number of carbonyl (C=O) groups is 1. The van der Waals surface area contributed by atoms with Gasteiger partial charge in [0.05, 0.1) is 6.10 Å². The van der Waals surface area contributed by atoms with Crippen molar-refractivity contribution in [2.24, 2.45) is 5.92 Å². The highest BCUT2D eigenvalue weighted by atomic mass is 16.5. The van der Waals surface area contributed by atoms with E-state index >= 15 is 0 Å². The average Bonchev–Trinajstić information content (AvgIpc) is 2.80. The summed E-state index contributed by atoms with van der Waals surface area (Å²) in [6.45, 7) is 1.32. The molecule has 4 nitrogen and oxygen atoms in total. The third kappa shape index (κ3) is 4.66. The van der Waals surface area contributed by atoms with Crippen LogP contribution in [0.25, 0.3) is 0 Å². The van der Waals surface area contributed by atoms with E-state index in [1.165, 1.54) is 0 Å². The molecule has 0 radical (unpaired) electrons. The van der Waals surface area contributed by atoms with Gasteiger partial charge in [-0.25, -0.2) is 0 Å². The molecule has 4 rings (SSSR count). The van der Waals surface area contributed by atoms with Crippen LogP contribution in [0.4, 0.5) is 0 Å². The van der Waals surface area contributed by atoms with Crippen molar-refractivity contribution in [2.45, 2.75) is 18.9 Å². The molecule has 3 aromatic carbocycles. The van der Waals surface area contributed by atoms with E-state index in [4.69, 9.17) is 4.74 Å². The minimum absolute atomic E-state index is 0.0314. The third-order valence-corrected chi connectivity index (χ3v) is 5.49. The first-order chi connectivity index (χ1) is 14.2. The number of amides is 1. The second-order valence-corrected chi connectivity index (χ2v) is 7.42. The fourth-order valence-corrected chi connectivity index (χ4v) is 3.81. The summed E-state index contributed by atoms with van der Waals surface area (Å²) in [5.74, 6) is 1.69. The zero-order valence-corrected chi connectivity index (χ0v) is 16.3. The summed E-state index contributed by atoms with van der Waals surface area (Å²) >= 11 is 0. The molecule has 0 spiro atoms. The molecule has 1 atom stereocenters. The van der Waals surface area contributed by atoms with Crippen LogP contribution >= 0.6 is 0 Å². The van der Waals surface area contributed by atoms with Crippen LogP contribution in [0.15, 0.2) is 84.9 Å². The third-order valence-electron chi connectivity index (χ3n) is 5.49. The number of hydrogen-bond donors (Lipinski definition) is 1. The normalized spacial score (nSPS) is 15.7. The summed E-state index contributed by atoms with van der Waals surface area (Å²) in [5.41, 5.74) is 1.61. The molecule has 3 aromatic rings. The lowest BCUT2D eigenvalue weighted by Gasteiger charge is -2.34. The fourth-order valence-electron chi connectivity index (χ4n) is 3.81. The van der Waals surface area contributed by atoms with E-state index in [0.29, 0.717) is 24.4 Å². The molecule has 1 N–H and O–H groups in total. The Bertz CT molecular complexity index is 917. The van der Waals surface area contributed by atoms with E-state index < -0.39 is 6.10 Å². The van der Waals surface area contributed by atoms with Crippen molar-refractivity contribution >= 4 is 5.91 Å². The number of piperidine rings is 1. The van der Waals surface area contributed by atoms with Gasteiger partial charge in [-0.15, -0.1) is 0 Å². The molecule has 1 fully saturated rings. The van der Waals surface area contributed by atoms with Crippen LogP contribution in [0.5, 0.6) is 11.5 Å². The number of benzene rings is 3. The summed E-state index contributed by atoms with van der Waals surface area (Å²) in [5, 5.41) is 10.6. The molecule has 4 heteroatoms. The molecule has 148 valence electrons. The van der Waals surface area contributed by atoms with Crippen molar-refractivity contribution in [3.63, 3.8) is 0 Å². The number of rotatable bonds is 5. The number of ether oxygens (including phenoxy) is 1. The number of carbonyl (C=O) groups excluding carboxylic acids is 1. The van der Waals surface area contributed by atoms with Crippen molar-refractivity contribution in [1.82, 2.24) is 4.90 Å². The van der Waals surface area contributed by atoms with Crippen LogP contribution in [0.2, 0.25) is 0 Å². The summed E-state index contributed by atoms with van der Waals surface area (Å²) < 4.78 is 5.79. The Morgan fingerprint density at radius 2 is 1.38 bits per heavy atom. The van der Waals surface area contributed by atoms with Crippen LogP contribution in [0.1, 0.15) is 34.9 Å². The molecular formula is C25H25NO3. The Morgan fingerprint density at radius 1 is 0.828 bits per heavy atom. The molecule has 1 aliphatic heterocycles. The van der Waals surface area contributed by atoms with Crippen molar-refractivity contribution in [1.29, 1.82) is 0 Å². The first-order valence-electron chi connectivity index (χ1n) is 10.1. The zero-order valence-electron chi connectivity index (χ0n) is 16.3. The summed E-state index contributed by atoms with van der Waals surface area (Å²) in [6, 6.07) is 26.6. The van der Waals surface area contributed by atoms with Gasteiger partial charge in [-0.05, 0) is 60.7 Å². The quantitative estimate of drug-likeness (QED) is 0.665. The SMILES string of the molecule is O=C(c1ccc(Oc2ccccc2)cc1)N1CCC([C@H](O)c2ccccc2)CC1. The molecule has 0 bridgehead atoms. The Labute approximate surface area is 171 Å². The summed E-state index contributed by atoms with van der Waals surface area (Å²) in [7, 11) is 0. The summed E-state index contributed by atoms with van der Waals surface area (Å²) in [4.78, 5) is 14.7. The average molecular weight is 387 g/mol. The Hall–Kier alpha value is -3.11. The van der Waals surface area contributed by atoms with Crippen LogP contribution < -0.4 is 4.74 Å². The number of aliphatic hydroxyl groups excluding tert-OH is 1. The van der Waals surface area contributed by atoms with E-state index in [0.717, 1.165) is 24.2 Å². The Kier molecular flexibility index (Phi) is 5.92. The van der Waals surface area contributed by atoms with Gasteiger partial charge in [-0.2, -0.15) is 0 Å². The molecule has 1 aliphatic rings. The van der Waals surface area contributed by atoms with Gasteiger partial charge in [0.15, 0.2) is 0 Å². The van der Waals surface area contributed by atoms with Crippen molar-refractivity contribution in [3.05, 3.63) is 96.1 Å². The van der Waals surface area contributed by atoms with Gasteiger partial charge in [0.25, 0.3) is 5.91 Å². The van der Waals surface area contributed by atoms with E-state index in [9.17, 15) is 9.90 Å². The van der Waals surface area contributed by atoms with Gasteiger partial charge < -0.3 is 14.7 Å². The van der Waals surface area contributed by atoms with Crippen molar-refractivity contribution in [3.8, 4) is 11.5 Å². The predicted octanol–water partition coefficient (Wildman–Crippen LogP) is 5.06. The van der Waals surface area contributed by atoms with Crippen molar-refractivity contribution < 1.29 is 14.6 Å². The molecular weight excluding hydrogens is 362 g/mol. The van der Waals surface area contributed by atoms with E-state index in [2.05, 4.69) is 0 Å². The van der Waals surface area contributed by atoms with Gasteiger partial charge in [0, 0.05) is 18.7 Å². The maximum Gasteiger partial charge on any atom is 0.253 e. The standard InChI is InChI=1S/C25H25NO3/c27-24(19-7-3-1-4-8-19)20-15-17-26(18-16-20)25(28)21-11-13-23(14-12-21)29-22-9-5-2-6-10-22/h1-14,20,24,27H,15-18H2/t24-/m1/s1. The number of aliphatic hydroxyl groups is 1. The molecule has 1 amide bonds. The highest BCUT2D eigenvalue weighted by Gasteiger charge is 2.28. The lowest BCUT2D eigenvalue weighted by molar-refractivity contribution is 0.0462. The molecule has 1 heterocycles. The van der Waals surface area contributed by atoms with E-state index in [1.807, 2.05) is 89.8 Å². The Morgan fingerprint density at radius 3 is 2.00 bits per heavy atom. The zero-order chi connectivity index (χ0) is 20.1. The highest BCUT2D eigenvalue weighted by molar-refractivity contribution is 5.94. The minimum Gasteiger partial charge on any atom is -0.457 e. The van der Waals surface area contributed by atoms with Gasteiger partial charge in [-0.3, -0.25) is 4.79 Å². The molecule has 0 unspecified atom stereocenters. The fraction of sp³-hybridized carbons (Fsp3) is 0.240. The lowest BCUT2D eigenvalue weighted by Crippen LogP contribution is -2.39. The minimum atomic E-state index is -0.470. The van der Waals surface area contributed by atoms with Crippen LogP contribution in [-0.4, -0.2) is 29.0 Å². The second-order valence-electron chi connectivity index (χ2n) is 7.42. The topological polar surface area (TPSA) is 49.8 Å². The highest BCUT2D eigenvalue weighted by Crippen LogP contribution is 2.31. The van der Waals surface area contributed by atoms with Gasteiger partial charge in [-0.1, -0.05) is 48.5 Å². The second kappa shape index (κ2) is 8.93. The first-order valence-corrected chi connectivity index (χ1v) is 10.1. The van der Waals surface area contributed by atoms with Crippen molar-refractivity contribution in [2.75, 3.05) is 13.1 Å². The molecule has 0 aromatic heterocycles. The largest absolute Gasteiger partial charge is 0.457 e. The van der Waals surface area contributed by atoms with Crippen LogP contribution in [0, 0.1) is 5.92 Å². The maximum atomic E-state index is 12.8. The number of likely N-dealkylation sites (tertiary alicyclic amines) is 1. The van der Waals surface area contributed by atoms with Gasteiger partial charge >= 0.3 is 0 Å². The van der Waals surface area contributed by atoms with Gasteiger partial charge in [0.2, 0.25) is 0 Å². The Balaban J connectivity index is 1.33. The predicted molar refractivity (Wildman–Crippen MR) is 113 cm³/mol. The number of hydrogen-bond acceptors (Lipinski definition) is 3. The van der Waals surface area contributed by atoms with E-state index in [-0.39, 0.29) is 11.8 Å². The van der Waals surface area contributed by atoms with Gasteiger partial charge in [0.1, 0.15) is 11.5 Å². The lowest BCUT2D eigenvalue weighted by atomic mass is 9.87. The number of nitrogens with zero attached hydrogens (tertiary/aromatic N) is 1. The number of para-hydroxylation sites is 1. The van der Waals surface area contributed by atoms with E-state index in [1.54, 1.807) is 0 Å². The van der Waals surface area contributed by atoms with Crippen LogP contribution in [0.3, 0.4) is 0 Å².